The van der Waals surface area contributed by atoms with Gasteiger partial charge in [-0.25, -0.2) is 0 Å². The molecule has 1 aliphatic heterocycles. The third-order valence-electron chi connectivity index (χ3n) is 3.88. The molecule has 92 valence electrons. The van der Waals surface area contributed by atoms with Crippen molar-refractivity contribution in [1.82, 2.24) is 0 Å². The van der Waals surface area contributed by atoms with Gasteiger partial charge >= 0.3 is 0 Å². The number of carbonyl (C=O) groups excluding carboxylic acids is 1. The molecule has 0 unspecified atom stereocenters. The fourth-order valence-electron chi connectivity index (χ4n) is 2.59. The lowest BCUT2D eigenvalue weighted by Crippen LogP contribution is -2.35. The molecule has 0 amide bonds. The lowest BCUT2D eigenvalue weighted by Gasteiger charge is -2.35. The van der Waals surface area contributed by atoms with E-state index in [-0.39, 0.29) is 0 Å². The molecule has 0 saturated carbocycles. The van der Waals surface area contributed by atoms with Crippen molar-refractivity contribution in [3.8, 4) is 0 Å². The Bertz CT molecular complexity index is 361. The average molecular weight is 231 g/mol. The molecule has 0 radical (unpaired) electrons. The Balaban J connectivity index is 1.97. The second-order valence-electron chi connectivity index (χ2n) is 5.28. The molecule has 17 heavy (non-hydrogen) atoms. The van der Waals surface area contributed by atoms with Gasteiger partial charge in [0.25, 0.3) is 0 Å². The van der Waals surface area contributed by atoms with E-state index in [9.17, 15) is 4.79 Å². The smallest absolute Gasteiger partial charge is 0.150 e. The number of piperidine rings is 1. The Morgan fingerprint density at radius 3 is 2.24 bits per heavy atom. The Morgan fingerprint density at radius 1 is 1.18 bits per heavy atom. The number of hydrogen-bond acceptors (Lipinski definition) is 2. The summed E-state index contributed by atoms with van der Waals surface area (Å²) in [5.74, 6) is 1.68. The van der Waals surface area contributed by atoms with Crippen molar-refractivity contribution >= 4 is 12.0 Å². The number of carbonyl (C=O) groups is 1. The van der Waals surface area contributed by atoms with Crippen LogP contribution in [-0.4, -0.2) is 19.4 Å². The zero-order valence-corrected chi connectivity index (χ0v) is 10.7. The minimum Gasteiger partial charge on any atom is -0.372 e. The predicted octanol–water partition coefficient (Wildman–Crippen LogP) is 3.37. The van der Waals surface area contributed by atoms with Crippen molar-refractivity contribution in [2.75, 3.05) is 18.0 Å². The van der Waals surface area contributed by atoms with E-state index < -0.39 is 0 Å². The summed E-state index contributed by atoms with van der Waals surface area (Å²) >= 11 is 0. The third kappa shape index (κ3) is 2.87. The highest BCUT2D eigenvalue weighted by atomic mass is 16.1. The van der Waals surface area contributed by atoms with Gasteiger partial charge in [0.05, 0.1) is 0 Å². The zero-order valence-electron chi connectivity index (χ0n) is 10.7. The highest BCUT2D eigenvalue weighted by Gasteiger charge is 2.21. The summed E-state index contributed by atoms with van der Waals surface area (Å²) in [6, 6.07) is 7.91. The van der Waals surface area contributed by atoms with Crippen molar-refractivity contribution in [3.05, 3.63) is 29.8 Å². The van der Waals surface area contributed by atoms with Gasteiger partial charge in [-0.2, -0.15) is 0 Å². The first kappa shape index (κ1) is 12.2. The molecule has 1 saturated heterocycles. The summed E-state index contributed by atoms with van der Waals surface area (Å²) < 4.78 is 0. The summed E-state index contributed by atoms with van der Waals surface area (Å²) in [7, 11) is 0. The van der Waals surface area contributed by atoms with E-state index in [0.717, 1.165) is 36.8 Å². The Labute approximate surface area is 104 Å². The quantitative estimate of drug-likeness (QED) is 0.743. The molecular formula is C15H21NO. The number of hydrogen-bond donors (Lipinski definition) is 0. The molecule has 0 bridgehead atoms. The largest absolute Gasteiger partial charge is 0.372 e. The molecule has 1 heterocycles. The van der Waals surface area contributed by atoms with Crippen LogP contribution in [0.3, 0.4) is 0 Å². The summed E-state index contributed by atoms with van der Waals surface area (Å²) in [6.07, 6.45) is 3.47. The van der Waals surface area contributed by atoms with Gasteiger partial charge in [-0.05, 0) is 48.9 Å². The van der Waals surface area contributed by atoms with Crippen LogP contribution in [0.2, 0.25) is 0 Å². The van der Waals surface area contributed by atoms with Gasteiger partial charge in [0, 0.05) is 24.3 Å². The molecule has 1 aliphatic rings. The van der Waals surface area contributed by atoms with Gasteiger partial charge in [0.1, 0.15) is 6.29 Å². The van der Waals surface area contributed by atoms with Crippen molar-refractivity contribution in [3.63, 3.8) is 0 Å². The molecule has 0 aliphatic carbocycles. The first-order valence-corrected chi connectivity index (χ1v) is 6.51. The van der Waals surface area contributed by atoms with E-state index in [1.165, 1.54) is 18.5 Å². The van der Waals surface area contributed by atoms with Crippen LogP contribution in [0, 0.1) is 11.8 Å². The normalized spacial score (nSPS) is 17.5. The van der Waals surface area contributed by atoms with E-state index in [1.54, 1.807) is 0 Å². The van der Waals surface area contributed by atoms with Gasteiger partial charge in [-0.3, -0.25) is 4.79 Å². The molecule has 1 aromatic rings. The first-order chi connectivity index (χ1) is 8.20. The number of aldehydes is 1. The van der Waals surface area contributed by atoms with Gasteiger partial charge in [-0.15, -0.1) is 0 Å². The molecule has 2 heteroatoms. The lowest BCUT2D eigenvalue weighted by atomic mass is 9.86. The molecule has 2 rings (SSSR count). The third-order valence-corrected chi connectivity index (χ3v) is 3.88. The maximum absolute atomic E-state index is 10.6. The van der Waals surface area contributed by atoms with Gasteiger partial charge in [-0.1, -0.05) is 13.8 Å². The summed E-state index contributed by atoms with van der Waals surface area (Å²) in [6.45, 7) is 6.92. The molecule has 0 N–H and O–H groups in total. The van der Waals surface area contributed by atoms with Crippen LogP contribution < -0.4 is 4.90 Å². The number of benzene rings is 1. The standard InChI is InChI=1S/C15H21NO/c1-12(2)14-7-9-16(10-8-14)15-5-3-13(11-17)4-6-15/h3-6,11-12,14H,7-10H2,1-2H3. The van der Waals surface area contributed by atoms with E-state index in [4.69, 9.17) is 0 Å². The van der Waals surface area contributed by atoms with Crippen LogP contribution in [0.1, 0.15) is 37.0 Å². The van der Waals surface area contributed by atoms with E-state index in [2.05, 4.69) is 30.9 Å². The minimum atomic E-state index is 0.755. The van der Waals surface area contributed by atoms with E-state index in [1.807, 2.05) is 12.1 Å². The van der Waals surface area contributed by atoms with Gasteiger partial charge < -0.3 is 4.90 Å². The van der Waals surface area contributed by atoms with Crippen LogP contribution in [-0.2, 0) is 0 Å². The number of rotatable bonds is 3. The lowest BCUT2D eigenvalue weighted by molar-refractivity contribution is 0.112. The van der Waals surface area contributed by atoms with Crippen LogP contribution in [0.5, 0.6) is 0 Å². The SMILES string of the molecule is CC(C)C1CCN(c2ccc(C=O)cc2)CC1. The first-order valence-electron chi connectivity index (χ1n) is 6.51. The second kappa shape index (κ2) is 5.35. The summed E-state index contributed by atoms with van der Waals surface area (Å²) in [4.78, 5) is 13.0. The molecule has 1 aromatic carbocycles. The number of anilines is 1. The Kier molecular flexibility index (Phi) is 3.82. The van der Waals surface area contributed by atoms with Gasteiger partial charge in [0.2, 0.25) is 0 Å². The van der Waals surface area contributed by atoms with Crippen LogP contribution in [0.25, 0.3) is 0 Å². The summed E-state index contributed by atoms with van der Waals surface area (Å²) in [5, 5.41) is 0. The molecule has 0 spiro atoms. The Morgan fingerprint density at radius 2 is 1.76 bits per heavy atom. The van der Waals surface area contributed by atoms with Crippen molar-refractivity contribution < 1.29 is 4.79 Å². The maximum atomic E-state index is 10.6. The number of nitrogens with zero attached hydrogens (tertiary/aromatic N) is 1. The average Bonchev–Trinajstić information content (AvgIpc) is 2.39. The highest BCUT2D eigenvalue weighted by molar-refractivity contribution is 5.75. The predicted molar refractivity (Wildman–Crippen MR) is 71.6 cm³/mol. The topological polar surface area (TPSA) is 20.3 Å². The Hall–Kier alpha value is -1.31. The van der Waals surface area contributed by atoms with E-state index in [0.29, 0.717) is 0 Å². The van der Waals surface area contributed by atoms with Gasteiger partial charge in [0.15, 0.2) is 0 Å². The summed E-state index contributed by atoms with van der Waals surface area (Å²) in [5.41, 5.74) is 2.00. The molecule has 0 atom stereocenters. The fraction of sp³-hybridized carbons (Fsp3) is 0.533. The molecule has 1 fully saturated rings. The maximum Gasteiger partial charge on any atom is 0.150 e. The van der Waals surface area contributed by atoms with Crippen molar-refractivity contribution in [2.24, 2.45) is 11.8 Å². The van der Waals surface area contributed by atoms with Crippen molar-refractivity contribution in [2.45, 2.75) is 26.7 Å². The van der Waals surface area contributed by atoms with Crippen LogP contribution in [0.15, 0.2) is 24.3 Å². The van der Waals surface area contributed by atoms with E-state index >= 15 is 0 Å². The zero-order chi connectivity index (χ0) is 12.3. The van der Waals surface area contributed by atoms with Crippen LogP contribution >= 0.6 is 0 Å². The van der Waals surface area contributed by atoms with Crippen molar-refractivity contribution in [1.29, 1.82) is 0 Å². The minimum absolute atomic E-state index is 0.755. The molecule has 2 nitrogen and oxygen atoms in total. The van der Waals surface area contributed by atoms with Crippen LogP contribution in [0.4, 0.5) is 5.69 Å². The fourth-order valence-corrected chi connectivity index (χ4v) is 2.59. The molecular weight excluding hydrogens is 210 g/mol. The molecule has 0 aromatic heterocycles. The highest BCUT2D eigenvalue weighted by Crippen LogP contribution is 2.27. The second-order valence-corrected chi connectivity index (χ2v) is 5.28. The monoisotopic (exact) mass is 231 g/mol.